The number of halogens is 3. The summed E-state index contributed by atoms with van der Waals surface area (Å²) in [5.41, 5.74) is 3.39. The van der Waals surface area contributed by atoms with Crippen molar-refractivity contribution < 1.29 is 4.39 Å². The van der Waals surface area contributed by atoms with Crippen LogP contribution in [0.15, 0.2) is 40.9 Å². The number of likely N-dealkylation sites (N-methyl/N-ethyl adjacent to an activating group) is 1. The van der Waals surface area contributed by atoms with E-state index in [0.717, 1.165) is 16.5 Å². The maximum absolute atomic E-state index is 13.2. The molecule has 106 valence electrons. The first-order valence-electron chi connectivity index (χ1n) is 6.38. The molecule has 0 spiro atoms. The molecule has 0 aliphatic rings. The first-order valence-corrected chi connectivity index (χ1v) is 7.55. The molecule has 0 heterocycles. The SMILES string of the molecule is CNC(Cc1ccc(F)c(Cl)c1)c1ccc(C)c(Br)c1. The lowest BCUT2D eigenvalue weighted by atomic mass is 9.98. The molecule has 0 aliphatic carbocycles. The van der Waals surface area contributed by atoms with Crippen LogP contribution in [0, 0.1) is 12.7 Å². The van der Waals surface area contributed by atoms with Crippen LogP contribution in [0.3, 0.4) is 0 Å². The Kier molecular flexibility index (Phi) is 5.19. The summed E-state index contributed by atoms with van der Waals surface area (Å²) in [6.07, 6.45) is 0.756. The summed E-state index contributed by atoms with van der Waals surface area (Å²) in [6.45, 7) is 2.06. The summed E-state index contributed by atoms with van der Waals surface area (Å²) < 4.78 is 14.3. The van der Waals surface area contributed by atoms with E-state index in [9.17, 15) is 4.39 Å². The maximum atomic E-state index is 13.2. The summed E-state index contributed by atoms with van der Waals surface area (Å²) in [5, 5.41) is 3.46. The first kappa shape index (κ1) is 15.5. The van der Waals surface area contributed by atoms with Crippen molar-refractivity contribution in [1.82, 2.24) is 5.32 Å². The van der Waals surface area contributed by atoms with Crippen LogP contribution in [0.2, 0.25) is 5.02 Å². The summed E-state index contributed by atoms with van der Waals surface area (Å²) in [7, 11) is 1.92. The van der Waals surface area contributed by atoms with Crippen LogP contribution in [0.5, 0.6) is 0 Å². The van der Waals surface area contributed by atoms with Gasteiger partial charge in [-0.1, -0.05) is 45.7 Å². The van der Waals surface area contributed by atoms with Crippen molar-refractivity contribution in [2.24, 2.45) is 0 Å². The average Bonchev–Trinajstić information content (AvgIpc) is 2.43. The fourth-order valence-electron chi connectivity index (χ4n) is 2.11. The third-order valence-electron chi connectivity index (χ3n) is 3.37. The van der Waals surface area contributed by atoms with Crippen molar-refractivity contribution in [3.63, 3.8) is 0 Å². The number of benzene rings is 2. The van der Waals surface area contributed by atoms with E-state index in [2.05, 4.69) is 46.4 Å². The van der Waals surface area contributed by atoms with Gasteiger partial charge in [0.1, 0.15) is 5.82 Å². The highest BCUT2D eigenvalue weighted by Crippen LogP contribution is 2.25. The zero-order valence-corrected chi connectivity index (χ0v) is 13.7. The number of aryl methyl sites for hydroxylation is 1. The highest BCUT2D eigenvalue weighted by Gasteiger charge is 2.12. The molecule has 2 aromatic rings. The molecule has 0 bridgehead atoms. The molecule has 4 heteroatoms. The van der Waals surface area contributed by atoms with E-state index in [-0.39, 0.29) is 16.9 Å². The number of rotatable bonds is 4. The van der Waals surface area contributed by atoms with Gasteiger partial charge in [0, 0.05) is 10.5 Å². The van der Waals surface area contributed by atoms with Crippen molar-refractivity contribution in [2.75, 3.05) is 7.05 Å². The third kappa shape index (κ3) is 3.60. The van der Waals surface area contributed by atoms with Gasteiger partial charge in [-0.25, -0.2) is 4.39 Å². The summed E-state index contributed by atoms with van der Waals surface area (Å²) in [5.74, 6) is -0.380. The number of hydrogen-bond acceptors (Lipinski definition) is 1. The van der Waals surface area contributed by atoms with Gasteiger partial charge < -0.3 is 5.32 Å². The van der Waals surface area contributed by atoms with E-state index in [4.69, 9.17) is 11.6 Å². The molecule has 0 radical (unpaired) electrons. The van der Waals surface area contributed by atoms with Gasteiger partial charge in [-0.05, 0) is 55.3 Å². The van der Waals surface area contributed by atoms with Gasteiger partial charge in [-0.15, -0.1) is 0 Å². The standard InChI is InChI=1S/C16H16BrClFN/c1-10-3-5-12(9-13(10)17)16(20-2)8-11-4-6-15(19)14(18)7-11/h3-7,9,16,20H,8H2,1-2H3. The van der Waals surface area contributed by atoms with Crippen molar-refractivity contribution in [1.29, 1.82) is 0 Å². The molecular weight excluding hydrogens is 341 g/mol. The summed E-state index contributed by atoms with van der Waals surface area (Å²) in [6, 6.07) is 11.3. The maximum Gasteiger partial charge on any atom is 0.141 e. The topological polar surface area (TPSA) is 12.0 Å². The average molecular weight is 357 g/mol. The van der Waals surface area contributed by atoms with Crippen LogP contribution in [-0.4, -0.2) is 7.05 Å². The lowest BCUT2D eigenvalue weighted by Crippen LogP contribution is -2.19. The lowest BCUT2D eigenvalue weighted by molar-refractivity contribution is 0.588. The molecule has 1 N–H and O–H groups in total. The van der Waals surface area contributed by atoms with Crippen LogP contribution in [0.4, 0.5) is 4.39 Å². The molecule has 1 unspecified atom stereocenters. The molecule has 0 aliphatic heterocycles. The molecule has 1 atom stereocenters. The molecular formula is C16H16BrClFN. The van der Waals surface area contributed by atoms with Gasteiger partial charge in [-0.2, -0.15) is 0 Å². The van der Waals surface area contributed by atoms with Gasteiger partial charge in [0.25, 0.3) is 0 Å². The molecule has 20 heavy (non-hydrogen) atoms. The molecule has 0 fully saturated rings. The minimum Gasteiger partial charge on any atom is -0.313 e. The Labute approximate surface area is 132 Å². The van der Waals surface area contributed by atoms with E-state index in [1.54, 1.807) is 12.1 Å². The van der Waals surface area contributed by atoms with Crippen molar-refractivity contribution in [3.8, 4) is 0 Å². The number of hydrogen-bond donors (Lipinski definition) is 1. The second kappa shape index (κ2) is 6.70. The predicted molar refractivity (Wildman–Crippen MR) is 85.8 cm³/mol. The Morgan fingerprint density at radius 3 is 2.60 bits per heavy atom. The van der Waals surface area contributed by atoms with E-state index in [0.29, 0.717) is 0 Å². The van der Waals surface area contributed by atoms with Crippen molar-refractivity contribution in [3.05, 3.63) is 68.4 Å². The molecule has 2 aromatic carbocycles. The Bertz CT molecular complexity index is 615. The Balaban J connectivity index is 2.23. The fourth-order valence-corrected chi connectivity index (χ4v) is 2.71. The summed E-state index contributed by atoms with van der Waals surface area (Å²) in [4.78, 5) is 0. The molecule has 0 amide bonds. The zero-order chi connectivity index (χ0) is 14.7. The van der Waals surface area contributed by atoms with Gasteiger partial charge in [-0.3, -0.25) is 0 Å². The molecule has 0 saturated heterocycles. The largest absolute Gasteiger partial charge is 0.313 e. The Hall–Kier alpha value is -0.900. The molecule has 1 nitrogen and oxygen atoms in total. The minimum absolute atomic E-state index is 0.161. The first-order chi connectivity index (χ1) is 9.51. The van der Waals surface area contributed by atoms with Crippen LogP contribution in [0.25, 0.3) is 0 Å². The highest BCUT2D eigenvalue weighted by atomic mass is 79.9. The van der Waals surface area contributed by atoms with Gasteiger partial charge in [0.15, 0.2) is 0 Å². The van der Waals surface area contributed by atoms with Crippen LogP contribution >= 0.6 is 27.5 Å². The van der Waals surface area contributed by atoms with E-state index in [1.807, 2.05) is 7.05 Å². The highest BCUT2D eigenvalue weighted by molar-refractivity contribution is 9.10. The van der Waals surface area contributed by atoms with Crippen molar-refractivity contribution >= 4 is 27.5 Å². The van der Waals surface area contributed by atoms with Gasteiger partial charge in [0.05, 0.1) is 5.02 Å². The van der Waals surface area contributed by atoms with E-state index < -0.39 is 0 Å². The number of nitrogens with one attached hydrogen (secondary N) is 1. The van der Waals surface area contributed by atoms with Crippen LogP contribution in [-0.2, 0) is 6.42 Å². The summed E-state index contributed by atoms with van der Waals surface area (Å²) >= 11 is 9.38. The normalized spacial score (nSPS) is 12.4. The lowest BCUT2D eigenvalue weighted by Gasteiger charge is -2.18. The third-order valence-corrected chi connectivity index (χ3v) is 4.51. The minimum atomic E-state index is -0.380. The van der Waals surface area contributed by atoms with E-state index in [1.165, 1.54) is 17.2 Å². The Morgan fingerprint density at radius 2 is 2.00 bits per heavy atom. The van der Waals surface area contributed by atoms with Gasteiger partial charge >= 0.3 is 0 Å². The van der Waals surface area contributed by atoms with E-state index >= 15 is 0 Å². The van der Waals surface area contributed by atoms with Crippen LogP contribution < -0.4 is 5.32 Å². The monoisotopic (exact) mass is 355 g/mol. The smallest absolute Gasteiger partial charge is 0.141 e. The molecule has 2 rings (SSSR count). The molecule has 0 saturated carbocycles. The van der Waals surface area contributed by atoms with Crippen molar-refractivity contribution in [2.45, 2.75) is 19.4 Å². The Morgan fingerprint density at radius 1 is 1.25 bits per heavy atom. The second-order valence-electron chi connectivity index (χ2n) is 4.80. The second-order valence-corrected chi connectivity index (χ2v) is 6.06. The van der Waals surface area contributed by atoms with Gasteiger partial charge in [0.2, 0.25) is 0 Å². The van der Waals surface area contributed by atoms with Crippen LogP contribution in [0.1, 0.15) is 22.7 Å². The predicted octanol–water partition coefficient (Wildman–Crippen LogP) is 5.05. The molecule has 0 aromatic heterocycles. The fraction of sp³-hybridized carbons (Fsp3) is 0.250. The zero-order valence-electron chi connectivity index (χ0n) is 11.4. The quantitative estimate of drug-likeness (QED) is 0.808.